The van der Waals surface area contributed by atoms with Crippen LogP contribution in [0, 0.1) is 0 Å². The number of nitrogens with zero attached hydrogens (tertiary/aromatic N) is 1. The van der Waals surface area contributed by atoms with E-state index in [0.717, 1.165) is 18.9 Å². The molecule has 1 aliphatic heterocycles. The second-order valence-electron chi connectivity index (χ2n) is 3.55. The Morgan fingerprint density at radius 2 is 2.20 bits per heavy atom. The highest BCUT2D eigenvalue weighted by Crippen LogP contribution is 1.92. The number of hydrogen-bond acceptors (Lipinski definition) is 3. The fourth-order valence-corrected chi connectivity index (χ4v) is 1.32. The van der Waals surface area contributed by atoms with Gasteiger partial charge < -0.3 is 15.0 Å². The summed E-state index contributed by atoms with van der Waals surface area (Å²) >= 11 is 0. The molecule has 2 N–H and O–H groups in total. The first-order chi connectivity index (χ1) is 7.43. The molecule has 86 valence electrons. The van der Waals surface area contributed by atoms with Crippen molar-refractivity contribution in [2.75, 3.05) is 19.7 Å². The molecule has 1 aromatic rings. The third-order valence-corrected chi connectivity index (χ3v) is 2.10. The van der Waals surface area contributed by atoms with Gasteiger partial charge in [0, 0.05) is 19.0 Å². The second-order valence-corrected chi connectivity index (χ2v) is 3.55. The molecule has 2 heterocycles. The summed E-state index contributed by atoms with van der Waals surface area (Å²) in [6.07, 6.45) is 7.36. The summed E-state index contributed by atoms with van der Waals surface area (Å²) < 4.78 is 5.23. The number of aromatic amines is 1. The quantitative estimate of drug-likeness (QED) is 0.745. The molecular formula is C11H21N3O. The summed E-state index contributed by atoms with van der Waals surface area (Å²) in [5.74, 6) is 0.897. The molecule has 0 aromatic carbocycles. The number of ether oxygens (including phenoxy) is 1. The Bertz CT molecular complexity index is 212. The Morgan fingerprint density at radius 3 is 2.67 bits per heavy atom. The van der Waals surface area contributed by atoms with E-state index in [1.807, 2.05) is 0 Å². The van der Waals surface area contributed by atoms with E-state index >= 15 is 0 Å². The van der Waals surface area contributed by atoms with Crippen molar-refractivity contribution in [1.82, 2.24) is 15.3 Å². The molecule has 1 aromatic heterocycles. The molecule has 1 aliphatic rings. The summed E-state index contributed by atoms with van der Waals surface area (Å²) in [5.41, 5.74) is 0. The van der Waals surface area contributed by atoms with Gasteiger partial charge in [0.1, 0.15) is 12.4 Å². The zero-order chi connectivity index (χ0) is 10.8. The average Bonchev–Trinajstić information content (AvgIpc) is 2.94. The number of nitrogens with one attached hydrogen (secondary N) is 2. The summed E-state index contributed by atoms with van der Waals surface area (Å²) in [6, 6.07) is 0. The van der Waals surface area contributed by atoms with Crippen LogP contribution in [0.5, 0.6) is 0 Å². The molecule has 0 aliphatic carbocycles. The molecule has 1 saturated heterocycles. The topological polar surface area (TPSA) is 49.9 Å². The van der Waals surface area contributed by atoms with Crippen molar-refractivity contribution in [1.29, 1.82) is 0 Å². The minimum Gasteiger partial charge on any atom is -0.374 e. The average molecular weight is 211 g/mol. The van der Waals surface area contributed by atoms with Crippen molar-refractivity contribution in [3.8, 4) is 0 Å². The standard InChI is InChI=1S/C7H12N2O.C4H9N/c1-2-5-10-6-7-8-3-4-9-7;1-2-4-5-3-1/h3-4H,2,5-6H2,1H3,(H,8,9);5H,1-4H2. The highest BCUT2D eigenvalue weighted by atomic mass is 16.5. The van der Waals surface area contributed by atoms with Crippen molar-refractivity contribution >= 4 is 0 Å². The molecule has 0 bridgehead atoms. The van der Waals surface area contributed by atoms with Crippen molar-refractivity contribution in [3.05, 3.63) is 18.2 Å². The van der Waals surface area contributed by atoms with Crippen LogP contribution in [0.15, 0.2) is 12.4 Å². The van der Waals surface area contributed by atoms with Gasteiger partial charge in [-0.25, -0.2) is 4.98 Å². The lowest BCUT2D eigenvalue weighted by Gasteiger charge is -1.96. The van der Waals surface area contributed by atoms with Gasteiger partial charge in [-0.1, -0.05) is 6.92 Å². The molecule has 1 fully saturated rings. The molecule has 0 radical (unpaired) electrons. The van der Waals surface area contributed by atoms with Crippen LogP contribution in [0.3, 0.4) is 0 Å². The maximum atomic E-state index is 5.23. The van der Waals surface area contributed by atoms with Crippen LogP contribution >= 0.6 is 0 Å². The summed E-state index contributed by atoms with van der Waals surface area (Å²) in [4.78, 5) is 6.97. The van der Waals surface area contributed by atoms with Crippen molar-refractivity contribution in [3.63, 3.8) is 0 Å². The number of imidazole rings is 1. The van der Waals surface area contributed by atoms with Gasteiger partial charge in [-0.3, -0.25) is 0 Å². The summed E-state index contributed by atoms with van der Waals surface area (Å²) in [5, 5.41) is 3.22. The first kappa shape index (κ1) is 12.2. The van der Waals surface area contributed by atoms with Gasteiger partial charge >= 0.3 is 0 Å². The van der Waals surface area contributed by atoms with Crippen LogP contribution in [0.4, 0.5) is 0 Å². The van der Waals surface area contributed by atoms with Crippen LogP contribution in [-0.2, 0) is 11.3 Å². The molecule has 2 rings (SSSR count). The lowest BCUT2D eigenvalue weighted by molar-refractivity contribution is 0.116. The number of H-pyrrole nitrogens is 1. The molecule has 4 heteroatoms. The van der Waals surface area contributed by atoms with Gasteiger partial charge in [-0.15, -0.1) is 0 Å². The predicted molar refractivity (Wildman–Crippen MR) is 60.6 cm³/mol. The highest BCUT2D eigenvalue weighted by molar-refractivity contribution is 4.83. The summed E-state index contributed by atoms with van der Waals surface area (Å²) in [7, 11) is 0. The van der Waals surface area contributed by atoms with Gasteiger partial charge in [-0.05, 0) is 32.4 Å². The first-order valence-corrected chi connectivity index (χ1v) is 5.70. The molecule has 4 nitrogen and oxygen atoms in total. The molecule has 0 amide bonds. The van der Waals surface area contributed by atoms with Gasteiger partial charge in [0.05, 0.1) is 0 Å². The van der Waals surface area contributed by atoms with Crippen LogP contribution < -0.4 is 5.32 Å². The van der Waals surface area contributed by atoms with Crippen molar-refractivity contribution in [2.45, 2.75) is 32.8 Å². The lowest BCUT2D eigenvalue weighted by atomic mass is 10.4. The fraction of sp³-hybridized carbons (Fsp3) is 0.727. The lowest BCUT2D eigenvalue weighted by Crippen LogP contribution is -2.03. The number of rotatable bonds is 4. The van der Waals surface area contributed by atoms with E-state index in [9.17, 15) is 0 Å². The smallest absolute Gasteiger partial charge is 0.132 e. The Labute approximate surface area is 91.4 Å². The summed E-state index contributed by atoms with van der Waals surface area (Å²) in [6.45, 7) is 5.99. The SMILES string of the molecule is C1CCNC1.CCCOCc1ncc[nH]1. The van der Waals surface area contributed by atoms with E-state index in [1.54, 1.807) is 12.4 Å². The van der Waals surface area contributed by atoms with Crippen molar-refractivity contribution in [2.24, 2.45) is 0 Å². The maximum Gasteiger partial charge on any atom is 0.132 e. The van der Waals surface area contributed by atoms with Crippen molar-refractivity contribution < 1.29 is 4.74 Å². The third-order valence-electron chi connectivity index (χ3n) is 2.10. The minimum absolute atomic E-state index is 0.598. The normalized spacial score (nSPS) is 14.7. The van der Waals surface area contributed by atoms with E-state index < -0.39 is 0 Å². The Hall–Kier alpha value is -0.870. The maximum absolute atomic E-state index is 5.23. The molecule has 0 atom stereocenters. The Balaban J connectivity index is 0.000000187. The van der Waals surface area contributed by atoms with Gasteiger partial charge in [0.25, 0.3) is 0 Å². The molecule has 0 unspecified atom stereocenters. The third kappa shape index (κ3) is 6.25. The number of aromatic nitrogens is 2. The molecule has 0 spiro atoms. The minimum atomic E-state index is 0.598. The van der Waals surface area contributed by atoms with E-state index in [2.05, 4.69) is 22.2 Å². The van der Waals surface area contributed by atoms with Crippen LogP contribution in [0.25, 0.3) is 0 Å². The molecule has 15 heavy (non-hydrogen) atoms. The van der Waals surface area contributed by atoms with E-state index in [0.29, 0.717) is 6.61 Å². The fourth-order valence-electron chi connectivity index (χ4n) is 1.32. The zero-order valence-electron chi connectivity index (χ0n) is 9.46. The molecule has 0 saturated carbocycles. The van der Waals surface area contributed by atoms with Crippen LogP contribution in [0.2, 0.25) is 0 Å². The van der Waals surface area contributed by atoms with Crippen LogP contribution in [0.1, 0.15) is 32.0 Å². The molecular weight excluding hydrogens is 190 g/mol. The van der Waals surface area contributed by atoms with E-state index in [4.69, 9.17) is 4.74 Å². The predicted octanol–water partition coefficient (Wildman–Crippen LogP) is 1.71. The number of hydrogen-bond donors (Lipinski definition) is 2. The second kappa shape index (κ2) is 8.44. The highest BCUT2D eigenvalue weighted by Gasteiger charge is 1.93. The van der Waals surface area contributed by atoms with Gasteiger partial charge in [-0.2, -0.15) is 0 Å². The Kier molecular flexibility index (Phi) is 6.86. The van der Waals surface area contributed by atoms with Gasteiger partial charge in [0.15, 0.2) is 0 Å². The monoisotopic (exact) mass is 211 g/mol. The Morgan fingerprint density at radius 1 is 1.40 bits per heavy atom. The zero-order valence-corrected chi connectivity index (χ0v) is 9.46. The first-order valence-electron chi connectivity index (χ1n) is 5.70. The van der Waals surface area contributed by atoms with E-state index in [-0.39, 0.29) is 0 Å². The van der Waals surface area contributed by atoms with E-state index in [1.165, 1.54) is 25.9 Å². The van der Waals surface area contributed by atoms with Crippen LogP contribution in [-0.4, -0.2) is 29.7 Å². The largest absolute Gasteiger partial charge is 0.374 e. The van der Waals surface area contributed by atoms with Gasteiger partial charge in [0.2, 0.25) is 0 Å².